The van der Waals surface area contributed by atoms with Crippen molar-refractivity contribution in [2.24, 2.45) is 5.92 Å². The molecule has 0 atom stereocenters. The highest BCUT2D eigenvalue weighted by atomic mass is 15.2. The SMILES string of the molecule is CCN1CCC(N(C)CCNCC2CCCC2)CC1. The molecular formula is C16H33N3. The van der Waals surface area contributed by atoms with Gasteiger partial charge in [0, 0.05) is 19.1 Å². The van der Waals surface area contributed by atoms with Crippen molar-refractivity contribution < 1.29 is 0 Å². The van der Waals surface area contributed by atoms with E-state index in [1.54, 1.807) is 0 Å². The summed E-state index contributed by atoms with van der Waals surface area (Å²) in [7, 11) is 2.31. The number of hydrogen-bond donors (Lipinski definition) is 1. The molecule has 0 aromatic heterocycles. The van der Waals surface area contributed by atoms with E-state index in [9.17, 15) is 0 Å². The van der Waals surface area contributed by atoms with Crippen LogP contribution in [0.1, 0.15) is 45.4 Å². The first kappa shape index (κ1) is 15.3. The zero-order chi connectivity index (χ0) is 13.5. The maximum atomic E-state index is 3.67. The molecule has 0 unspecified atom stereocenters. The molecule has 1 saturated carbocycles. The van der Waals surface area contributed by atoms with Crippen LogP contribution in [-0.2, 0) is 0 Å². The average molecular weight is 267 g/mol. The Bertz CT molecular complexity index is 230. The van der Waals surface area contributed by atoms with E-state index in [-0.39, 0.29) is 0 Å². The molecule has 0 bridgehead atoms. The van der Waals surface area contributed by atoms with Crippen molar-refractivity contribution in [1.29, 1.82) is 0 Å². The molecule has 1 heterocycles. The highest BCUT2D eigenvalue weighted by Gasteiger charge is 2.21. The number of piperidine rings is 1. The van der Waals surface area contributed by atoms with Crippen molar-refractivity contribution in [3.63, 3.8) is 0 Å². The minimum atomic E-state index is 0.816. The van der Waals surface area contributed by atoms with E-state index < -0.39 is 0 Å². The maximum absolute atomic E-state index is 3.67. The zero-order valence-corrected chi connectivity index (χ0v) is 13.0. The molecule has 2 fully saturated rings. The molecule has 1 N–H and O–H groups in total. The third kappa shape index (κ3) is 5.05. The van der Waals surface area contributed by atoms with Crippen LogP contribution in [0.4, 0.5) is 0 Å². The smallest absolute Gasteiger partial charge is 0.0117 e. The molecule has 1 aliphatic heterocycles. The number of hydrogen-bond acceptors (Lipinski definition) is 3. The Morgan fingerprint density at radius 2 is 1.79 bits per heavy atom. The summed E-state index contributed by atoms with van der Waals surface area (Å²) in [4.78, 5) is 5.15. The molecule has 0 amide bonds. The van der Waals surface area contributed by atoms with E-state index in [4.69, 9.17) is 0 Å². The van der Waals surface area contributed by atoms with Crippen molar-refractivity contribution in [2.75, 3.05) is 46.3 Å². The van der Waals surface area contributed by atoms with E-state index in [2.05, 4.69) is 29.1 Å². The first-order chi connectivity index (χ1) is 9.29. The van der Waals surface area contributed by atoms with Crippen molar-refractivity contribution in [2.45, 2.75) is 51.5 Å². The maximum Gasteiger partial charge on any atom is 0.0117 e. The Morgan fingerprint density at radius 1 is 1.11 bits per heavy atom. The number of likely N-dealkylation sites (tertiary alicyclic amines) is 1. The minimum absolute atomic E-state index is 0.816. The number of likely N-dealkylation sites (N-methyl/N-ethyl adjacent to an activating group) is 1. The summed E-state index contributed by atoms with van der Waals surface area (Å²) in [5.74, 6) is 0.970. The normalized spacial score (nSPS) is 23.5. The van der Waals surface area contributed by atoms with Gasteiger partial charge in [0.2, 0.25) is 0 Å². The number of nitrogens with one attached hydrogen (secondary N) is 1. The Hall–Kier alpha value is -0.120. The molecule has 1 saturated heterocycles. The van der Waals surface area contributed by atoms with Crippen molar-refractivity contribution in [3.8, 4) is 0 Å². The highest BCUT2D eigenvalue weighted by molar-refractivity contribution is 4.78. The lowest BCUT2D eigenvalue weighted by molar-refractivity contribution is 0.132. The third-order valence-electron chi connectivity index (χ3n) is 5.18. The molecule has 0 radical (unpaired) electrons. The lowest BCUT2D eigenvalue weighted by Crippen LogP contribution is -2.45. The van der Waals surface area contributed by atoms with Crippen LogP contribution in [0.5, 0.6) is 0 Å². The Morgan fingerprint density at radius 3 is 2.42 bits per heavy atom. The highest BCUT2D eigenvalue weighted by Crippen LogP contribution is 2.23. The molecule has 0 aromatic rings. The summed E-state index contributed by atoms with van der Waals surface area (Å²) in [5.41, 5.74) is 0. The standard InChI is InChI=1S/C16H33N3/c1-3-19-11-8-16(9-12-19)18(2)13-10-17-14-15-6-4-5-7-15/h15-17H,3-14H2,1-2H3. The first-order valence-electron chi connectivity index (χ1n) is 8.43. The van der Waals surface area contributed by atoms with Crippen LogP contribution < -0.4 is 5.32 Å². The Kier molecular flexibility index (Phi) is 6.62. The molecule has 0 aromatic carbocycles. The summed E-state index contributed by atoms with van der Waals surface area (Å²) in [5, 5.41) is 3.67. The van der Waals surface area contributed by atoms with Crippen molar-refractivity contribution in [1.82, 2.24) is 15.1 Å². The second-order valence-corrected chi connectivity index (χ2v) is 6.50. The van der Waals surface area contributed by atoms with Crippen molar-refractivity contribution >= 4 is 0 Å². The summed E-state index contributed by atoms with van der Waals surface area (Å²) in [6.07, 6.45) is 8.54. The quantitative estimate of drug-likeness (QED) is 0.713. The fraction of sp³-hybridized carbons (Fsp3) is 1.00. The van der Waals surface area contributed by atoms with Crippen LogP contribution in [0.15, 0.2) is 0 Å². The van der Waals surface area contributed by atoms with Gasteiger partial charge in [0.25, 0.3) is 0 Å². The summed E-state index contributed by atoms with van der Waals surface area (Å²) in [6, 6.07) is 0.816. The van der Waals surface area contributed by atoms with Gasteiger partial charge in [-0.05, 0) is 64.8 Å². The summed E-state index contributed by atoms with van der Waals surface area (Å²) < 4.78 is 0. The molecule has 19 heavy (non-hydrogen) atoms. The van der Waals surface area contributed by atoms with Crippen molar-refractivity contribution in [3.05, 3.63) is 0 Å². The second kappa shape index (κ2) is 8.23. The van der Waals surface area contributed by atoms with Crippen LogP contribution in [0, 0.1) is 5.92 Å². The van der Waals surface area contributed by atoms with Gasteiger partial charge in [0.1, 0.15) is 0 Å². The van der Waals surface area contributed by atoms with Gasteiger partial charge < -0.3 is 15.1 Å². The van der Waals surface area contributed by atoms with Gasteiger partial charge in [0.05, 0.1) is 0 Å². The monoisotopic (exact) mass is 267 g/mol. The van der Waals surface area contributed by atoms with Gasteiger partial charge >= 0.3 is 0 Å². The fourth-order valence-corrected chi connectivity index (χ4v) is 3.63. The molecular weight excluding hydrogens is 234 g/mol. The van der Waals surface area contributed by atoms with Crippen LogP contribution >= 0.6 is 0 Å². The molecule has 3 nitrogen and oxygen atoms in total. The van der Waals surface area contributed by atoms with Crippen LogP contribution in [0.25, 0.3) is 0 Å². The predicted octanol–water partition coefficient (Wildman–Crippen LogP) is 2.18. The number of rotatable bonds is 7. The molecule has 2 aliphatic rings. The molecule has 1 aliphatic carbocycles. The van der Waals surface area contributed by atoms with E-state index >= 15 is 0 Å². The van der Waals surface area contributed by atoms with Gasteiger partial charge in [-0.3, -0.25) is 0 Å². The van der Waals surface area contributed by atoms with Gasteiger partial charge in [-0.15, -0.1) is 0 Å². The van der Waals surface area contributed by atoms with Crippen LogP contribution in [-0.4, -0.2) is 62.2 Å². The Labute approximate surface area is 119 Å². The predicted molar refractivity (Wildman–Crippen MR) is 82.6 cm³/mol. The molecule has 3 heteroatoms. The van der Waals surface area contributed by atoms with Gasteiger partial charge in [-0.2, -0.15) is 0 Å². The van der Waals surface area contributed by atoms with E-state index in [1.807, 2.05) is 0 Å². The minimum Gasteiger partial charge on any atom is -0.315 e. The summed E-state index contributed by atoms with van der Waals surface area (Å²) >= 11 is 0. The first-order valence-corrected chi connectivity index (χ1v) is 8.43. The number of nitrogens with zero attached hydrogens (tertiary/aromatic N) is 2. The zero-order valence-electron chi connectivity index (χ0n) is 13.0. The topological polar surface area (TPSA) is 18.5 Å². The molecule has 0 spiro atoms. The third-order valence-corrected chi connectivity index (χ3v) is 5.18. The Balaban J connectivity index is 1.53. The second-order valence-electron chi connectivity index (χ2n) is 6.50. The van der Waals surface area contributed by atoms with E-state index in [1.165, 1.54) is 77.8 Å². The van der Waals surface area contributed by atoms with Crippen LogP contribution in [0.3, 0.4) is 0 Å². The van der Waals surface area contributed by atoms with E-state index in [0.29, 0.717) is 0 Å². The van der Waals surface area contributed by atoms with Gasteiger partial charge in [-0.1, -0.05) is 19.8 Å². The van der Waals surface area contributed by atoms with Crippen LogP contribution in [0.2, 0.25) is 0 Å². The van der Waals surface area contributed by atoms with E-state index in [0.717, 1.165) is 12.0 Å². The lowest BCUT2D eigenvalue weighted by atomic mass is 10.0. The van der Waals surface area contributed by atoms with Gasteiger partial charge in [0.15, 0.2) is 0 Å². The average Bonchev–Trinajstić information content (AvgIpc) is 2.96. The fourth-order valence-electron chi connectivity index (χ4n) is 3.63. The van der Waals surface area contributed by atoms with Gasteiger partial charge in [-0.25, -0.2) is 0 Å². The summed E-state index contributed by atoms with van der Waals surface area (Å²) in [6.45, 7) is 9.71. The lowest BCUT2D eigenvalue weighted by Gasteiger charge is -2.36. The molecule has 112 valence electrons. The molecule has 2 rings (SSSR count). The largest absolute Gasteiger partial charge is 0.315 e.